The number of ether oxygens (including phenoxy) is 1. The lowest BCUT2D eigenvalue weighted by molar-refractivity contribution is -0.122. The van der Waals surface area contributed by atoms with E-state index in [0.29, 0.717) is 16.8 Å². The van der Waals surface area contributed by atoms with E-state index < -0.39 is 0 Å². The molecule has 0 bridgehead atoms. The molecule has 6 heteroatoms. The Labute approximate surface area is 136 Å². The van der Waals surface area contributed by atoms with Gasteiger partial charge < -0.3 is 10.1 Å². The number of nitrogens with one attached hydrogen (secondary N) is 1. The normalized spacial score (nSPS) is 24.1. The Kier molecular flexibility index (Phi) is 5.28. The molecule has 0 saturated carbocycles. The molecular formula is C16H22ClN3O2. The van der Waals surface area contributed by atoms with Crippen LogP contribution in [0.1, 0.15) is 25.7 Å². The van der Waals surface area contributed by atoms with Crippen molar-refractivity contribution in [2.75, 3.05) is 31.6 Å². The molecule has 0 radical (unpaired) electrons. The Morgan fingerprint density at radius 1 is 1.36 bits per heavy atom. The van der Waals surface area contributed by atoms with Gasteiger partial charge in [0.05, 0.1) is 16.6 Å². The zero-order valence-corrected chi connectivity index (χ0v) is 13.4. The molecule has 3 rings (SSSR count). The molecule has 2 fully saturated rings. The summed E-state index contributed by atoms with van der Waals surface area (Å²) >= 11 is 6.06. The van der Waals surface area contributed by atoms with Crippen LogP contribution in [0.3, 0.4) is 0 Å². The summed E-state index contributed by atoms with van der Waals surface area (Å²) in [6.45, 7) is 3.60. The molecule has 1 aromatic heterocycles. The van der Waals surface area contributed by atoms with Gasteiger partial charge in [-0.2, -0.15) is 0 Å². The number of carbonyl (C=O) groups is 1. The van der Waals surface area contributed by atoms with Gasteiger partial charge in [-0.05, 0) is 38.3 Å². The largest absolute Gasteiger partial charge is 0.381 e. The molecule has 0 aromatic carbocycles. The highest BCUT2D eigenvalue weighted by Crippen LogP contribution is 2.25. The fourth-order valence-corrected chi connectivity index (χ4v) is 3.48. The molecule has 1 aromatic rings. The summed E-state index contributed by atoms with van der Waals surface area (Å²) in [5, 5.41) is 3.42. The third-order valence-corrected chi connectivity index (χ3v) is 4.86. The lowest BCUT2D eigenvalue weighted by Gasteiger charge is -2.39. The van der Waals surface area contributed by atoms with Crippen LogP contribution < -0.4 is 5.32 Å². The summed E-state index contributed by atoms with van der Waals surface area (Å²) < 4.78 is 5.43. The van der Waals surface area contributed by atoms with Crippen molar-refractivity contribution in [3.8, 4) is 0 Å². The van der Waals surface area contributed by atoms with Crippen LogP contribution in [0.2, 0.25) is 5.02 Å². The number of halogens is 1. The Morgan fingerprint density at radius 2 is 2.18 bits per heavy atom. The summed E-state index contributed by atoms with van der Waals surface area (Å²) in [5.41, 5.74) is 0.643. The van der Waals surface area contributed by atoms with Crippen molar-refractivity contribution in [3.63, 3.8) is 0 Å². The maximum absolute atomic E-state index is 12.5. The summed E-state index contributed by atoms with van der Waals surface area (Å²) in [7, 11) is 0. The van der Waals surface area contributed by atoms with Gasteiger partial charge in [0.25, 0.3) is 0 Å². The highest BCUT2D eigenvalue weighted by Gasteiger charge is 2.30. The topological polar surface area (TPSA) is 54.5 Å². The van der Waals surface area contributed by atoms with Crippen LogP contribution in [0.4, 0.5) is 5.69 Å². The van der Waals surface area contributed by atoms with Gasteiger partial charge in [0.2, 0.25) is 5.91 Å². The second kappa shape index (κ2) is 7.40. The van der Waals surface area contributed by atoms with Gasteiger partial charge in [0.15, 0.2) is 0 Å². The zero-order chi connectivity index (χ0) is 15.4. The smallest absolute Gasteiger partial charge is 0.228 e. The molecule has 5 nitrogen and oxygen atoms in total. The fraction of sp³-hybridized carbons (Fsp3) is 0.625. The third kappa shape index (κ3) is 3.77. The lowest BCUT2D eigenvalue weighted by atomic mass is 9.94. The minimum absolute atomic E-state index is 0.0285. The van der Waals surface area contributed by atoms with E-state index in [1.807, 2.05) is 0 Å². The second-order valence-electron chi connectivity index (χ2n) is 6.02. The highest BCUT2D eigenvalue weighted by molar-refractivity contribution is 6.33. The Morgan fingerprint density at radius 3 is 2.95 bits per heavy atom. The van der Waals surface area contributed by atoms with Crippen LogP contribution in [0.5, 0.6) is 0 Å². The number of nitrogens with zero attached hydrogens (tertiary/aromatic N) is 2. The quantitative estimate of drug-likeness (QED) is 0.929. The summed E-state index contributed by atoms with van der Waals surface area (Å²) in [6.07, 6.45) is 7.34. The third-order valence-electron chi connectivity index (χ3n) is 4.56. The van der Waals surface area contributed by atoms with Crippen molar-refractivity contribution >= 4 is 23.2 Å². The van der Waals surface area contributed by atoms with E-state index in [9.17, 15) is 4.79 Å². The maximum Gasteiger partial charge on any atom is 0.228 e. The monoisotopic (exact) mass is 323 g/mol. The first-order valence-electron chi connectivity index (χ1n) is 7.96. The van der Waals surface area contributed by atoms with Gasteiger partial charge >= 0.3 is 0 Å². The first-order chi connectivity index (χ1) is 10.7. The molecule has 1 atom stereocenters. The van der Waals surface area contributed by atoms with Gasteiger partial charge in [0, 0.05) is 38.2 Å². The first kappa shape index (κ1) is 15.7. The SMILES string of the molecule is O=C(Nc1ccncc1Cl)C1CCCN(C2CCOCC2)C1. The number of amides is 1. The molecule has 1 N–H and O–H groups in total. The van der Waals surface area contributed by atoms with E-state index in [-0.39, 0.29) is 11.8 Å². The van der Waals surface area contributed by atoms with Crippen LogP contribution in [-0.2, 0) is 9.53 Å². The lowest BCUT2D eigenvalue weighted by Crippen LogP contribution is -2.47. The van der Waals surface area contributed by atoms with Crippen molar-refractivity contribution in [2.24, 2.45) is 5.92 Å². The van der Waals surface area contributed by atoms with Crippen LogP contribution in [0.15, 0.2) is 18.5 Å². The van der Waals surface area contributed by atoms with Gasteiger partial charge in [-0.3, -0.25) is 14.7 Å². The number of anilines is 1. The van der Waals surface area contributed by atoms with E-state index in [1.165, 1.54) is 0 Å². The van der Waals surface area contributed by atoms with Gasteiger partial charge in [-0.1, -0.05) is 11.6 Å². The molecule has 120 valence electrons. The van der Waals surface area contributed by atoms with E-state index in [1.54, 1.807) is 18.5 Å². The molecule has 0 spiro atoms. The second-order valence-corrected chi connectivity index (χ2v) is 6.43. The number of pyridine rings is 1. The average Bonchev–Trinajstić information content (AvgIpc) is 2.58. The van der Waals surface area contributed by atoms with E-state index in [2.05, 4.69) is 15.2 Å². The number of hydrogen-bond donors (Lipinski definition) is 1. The molecule has 2 saturated heterocycles. The first-order valence-corrected chi connectivity index (χ1v) is 8.34. The molecule has 1 unspecified atom stereocenters. The number of aromatic nitrogens is 1. The molecular weight excluding hydrogens is 302 g/mol. The van der Waals surface area contributed by atoms with Crippen LogP contribution in [-0.4, -0.2) is 48.1 Å². The van der Waals surface area contributed by atoms with E-state index in [0.717, 1.165) is 52.0 Å². The predicted octanol–water partition coefficient (Wildman–Crippen LogP) is 2.56. The van der Waals surface area contributed by atoms with Crippen molar-refractivity contribution in [2.45, 2.75) is 31.7 Å². The molecule has 2 aliphatic rings. The Hall–Kier alpha value is -1.17. The van der Waals surface area contributed by atoms with E-state index in [4.69, 9.17) is 16.3 Å². The molecule has 1 amide bonds. The van der Waals surface area contributed by atoms with Crippen LogP contribution >= 0.6 is 11.6 Å². The summed E-state index contributed by atoms with van der Waals surface area (Å²) in [6, 6.07) is 2.30. The van der Waals surface area contributed by atoms with Crippen molar-refractivity contribution < 1.29 is 9.53 Å². The minimum atomic E-state index is 0.0285. The number of piperidine rings is 1. The number of rotatable bonds is 3. The van der Waals surface area contributed by atoms with E-state index >= 15 is 0 Å². The van der Waals surface area contributed by atoms with Crippen molar-refractivity contribution in [1.82, 2.24) is 9.88 Å². The summed E-state index contributed by atoms with van der Waals surface area (Å²) in [4.78, 5) is 18.9. The van der Waals surface area contributed by atoms with Gasteiger partial charge in [-0.15, -0.1) is 0 Å². The number of carbonyl (C=O) groups excluding carboxylic acids is 1. The van der Waals surface area contributed by atoms with Gasteiger partial charge in [-0.25, -0.2) is 0 Å². The highest BCUT2D eigenvalue weighted by atomic mass is 35.5. The number of hydrogen-bond acceptors (Lipinski definition) is 4. The Bertz CT molecular complexity index is 520. The Balaban J connectivity index is 1.59. The molecule has 22 heavy (non-hydrogen) atoms. The predicted molar refractivity (Wildman–Crippen MR) is 86.0 cm³/mol. The zero-order valence-electron chi connectivity index (χ0n) is 12.6. The van der Waals surface area contributed by atoms with Gasteiger partial charge in [0.1, 0.15) is 0 Å². The van der Waals surface area contributed by atoms with Crippen molar-refractivity contribution in [1.29, 1.82) is 0 Å². The fourth-order valence-electron chi connectivity index (χ4n) is 3.31. The average molecular weight is 324 g/mol. The number of likely N-dealkylation sites (tertiary alicyclic amines) is 1. The van der Waals surface area contributed by atoms with Crippen molar-refractivity contribution in [3.05, 3.63) is 23.5 Å². The maximum atomic E-state index is 12.5. The van der Waals surface area contributed by atoms with Crippen LogP contribution in [0.25, 0.3) is 0 Å². The molecule has 0 aliphatic carbocycles. The molecule has 3 heterocycles. The standard InChI is InChI=1S/C16H22ClN3O2/c17-14-10-18-6-3-15(14)19-16(21)12-2-1-7-20(11-12)13-4-8-22-9-5-13/h3,6,10,12-13H,1-2,4-5,7-9,11H2,(H,18,19,21). The molecule has 2 aliphatic heterocycles. The summed E-state index contributed by atoms with van der Waals surface area (Å²) in [5.74, 6) is 0.0886. The van der Waals surface area contributed by atoms with Crippen LogP contribution in [0, 0.1) is 5.92 Å². The minimum Gasteiger partial charge on any atom is -0.381 e.